The SMILES string of the molecule is CC(C)N(CC(N)=O)C(=O)c1cn(CC(=O)O)nn1. The van der Waals surface area contributed by atoms with Crippen LogP contribution in [-0.4, -0.2) is 55.4 Å². The fourth-order valence-corrected chi connectivity index (χ4v) is 1.42. The maximum absolute atomic E-state index is 12.1. The standard InChI is InChI=1S/C10H15N5O4/c1-6(2)15(4-8(11)16)10(19)7-3-14(13-12-7)5-9(17)18/h3,6H,4-5H2,1-2H3,(H2,11,16)(H,17,18). The maximum atomic E-state index is 12.1. The van der Waals surface area contributed by atoms with E-state index in [1.165, 1.54) is 11.1 Å². The number of hydrogen-bond acceptors (Lipinski definition) is 5. The van der Waals surface area contributed by atoms with E-state index in [4.69, 9.17) is 10.8 Å². The maximum Gasteiger partial charge on any atom is 0.325 e. The molecular formula is C10H15N5O4. The number of rotatable bonds is 6. The molecule has 0 bridgehead atoms. The third kappa shape index (κ3) is 4.05. The van der Waals surface area contributed by atoms with Crippen LogP contribution in [0, 0.1) is 0 Å². The van der Waals surface area contributed by atoms with Gasteiger partial charge in [-0.05, 0) is 13.8 Å². The topological polar surface area (TPSA) is 131 Å². The number of hydrogen-bond donors (Lipinski definition) is 2. The smallest absolute Gasteiger partial charge is 0.325 e. The number of carboxylic acid groups (broad SMARTS) is 1. The minimum absolute atomic E-state index is 0.0313. The summed E-state index contributed by atoms with van der Waals surface area (Å²) in [5.74, 6) is -2.26. The van der Waals surface area contributed by atoms with Gasteiger partial charge in [0, 0.05) is 6.04 Å². The lowest BCUT2D eigenvalue weighted by Crippen LogP contribution is -2.42. The molecular weight excluding hydrogens is 254 g/mol. The Hall–Kier alpha value is -2.45. The normalized spacial score (nSPS) is 10.5. The molecule has 0 unspecified atom stereocenters. The van der Waals surface area contributed by atoms with E-state index >= 15 is 0 Å². The number of carbonyl (C=O) groups is 3. The molecule has 0 saturated heterocycles. The van der Waals surface area contributed by atoms with Crippen molar-refractivity contribution in [2.45, 2.75) is 26.4 Å². The van der Waals surface area contributed by atoms with Gasteiger partial charge in [0.15, 0.2) is 5.69 Å². The van der Waals surface area contributed by atoms with Crippen molar-refractivity contribution >= 4 is 17.8 Å². The molecule has 0 aliphatic rings. The highest BCUT2D eigenvalue weighted by molar-refractivity contribution is 5.94. The van der Waals surface area contributed by atoms with Crippen molar-refractivity contribution < 1.29 is 19.5 Å². The molecule has 3 N–H and O–H groups in total. The lowest BCUT2D eigenvalue weighted by atomic mass is 10.2. The number of nitrogens with two attached hydrogens (primary N) is 1. The third-order valence-electron chi connectivity index (χ3n) is 2.27. The van der Waals surface area contributed by atoms with Crippen molar-refractivity contribution in [3.63, 3.8) is 0 Å². The van der Waals surface area contributed by atoms with E-state index in [2.05, 4.69) is 10.3 Å². The Morgan fingerprint density at radius 1 is 1.47 bits per heavy atom. The van der Waals surface area contributed by atoms with Gasteiger partial charge in [-0.1, -0.05) is 5.21 Å². The second-order valence-corrected chi connectivity index (χ2v) is 4.19. The van der Waals surface area contributed by atoms with E-state index < -0.39 is 24.3 Å². The lowest BCUT2D eigenvalue weighted by Gasteiger charge is -2.24. The number of aliphatic carboxylic acids is 1. The van der Waals surface area contributed by atoms with Crippen LogP contribution in [0.4, 0.5) is 0 Å². The Morgan fingerprint density at radius 2 is 2.11 bits per heavy atom. The van der Waals surface area contributed by atoms with Gasteiger partial charge < -0.3 is 15.7 Å². The molecule has 1 aromatic heterocycles. The molecule has 1 aromatic rings. The van der Waals surface area contributed by atoms with Gasteiger partial charge in [-0.15, -0.1) is 5.10 Å². The van der Waals surface area contributed by atoms with Gasteiger partial charge in [-0.2, -0.15) is 0 Å². The number of primary amides is 1. The Labute approximate surface area is 109 Å². The first-order chi connectivity index (χ1) is 8.81. The first-order valence-corrected chi connectivity index (χ1v) is 5.52. The zero-order chi connectivity index (χ0) is 14.6. The van der Waals surface area contributed by atoms with Crippen LogP contribution in [0.2, 0.25) is 0 Å². The molecule has 0 saturated carbocycles. The molecule has 19 heavy (non-hydrogen) atoms. The van der Waals surface area contributed by atoms with Crippen molar-refractivity contribution in [2.24, 2.45) is 5.73 Å². The average Bonchev–Trinajstić information content (AvgIpc) is 2.71. The molecule has 104 valence electrons. The zero-order valence-electron chi connectivity index (χ0n) is 10.6. The van der Waals surface area contributed by atoms with Gasteiger partial charge in [-0.3, -0.25) is 14.4 Å². The highest BCUT2D eigenvalue weighted by Crippen LogP contribution is 2.05. The van der Waals surface area contributed by atoms with Crippen LogP contribution in [0.1, 0.15) is 24.3 Å². The van der Waals surface area contributed by atoms with Gasteiger partial charge >= 0.3 is 5.97 Å². The number of nitrogens with zero attached hydrogens (tertiary/aromatic N) is 4. The molecule has 0 aliphatic carbocycles. The highest BCUT2D eigenvalue weighted by Gasteiger charge is 2.23. The zero-order valence-corrected chi connectivity index (χ0v) is 10.6. The number of carbonyl (C=O) groups excluding carboxylic acids is 2. The second kappa shape index (κ2) is 5.94. The van der Waals surface area contributed by atoms with E-state index in [1.807, 2.05) is 0 Å². The molecule has 0 aliphatic heterocycles. The first-order valence-electron chi connectivity index (χ1n) is 5.52. The summed E-state index contributed by atoms with van der Waals surface area (Å²) in [6.45, 7) is 2.82. The minimum atomic E-state index is -1.10. The molecule has 0 atom stereocenters. The van der Waals surface area contributed by atoms with Gasteiger partial charge in [0.2, 0.25) is 5.91 Å². The fourth-order valence-electron chi connectivity index (χ4n) is 1.42. The van der Waals surface area contributed by atoms with Crippen LogP contribution >= 0.6 is 0 Å². The third-order valence-corrected chi connectivity index (χ3v) is 2.27. The first kappa shape index (κ1) is 14.6. The van der Waals surface area contributed by atoms with Gasteiger partial charge in [0.1, 0.15) is 6.54 Å². The Balaban J connectivity index is 2.87. The van der Waals surface area contributed by atoms with Crippen LogP contribution in [0.25, 0.3) is 0 Å². The van der Waals surface area contributed by atoms with E-state index in [1.54, 1.807) is 13.8 Å². The van der Waals surface area contributed by atoms with Gasteiger partial charge in [-0.25, -0.2) is 4.68 Å². The summed E-state index contributed by atoms with van der Waals surface area (Å²) in [4.78, 5) is 34.7. The summed E-state index contributed by atoms with van der Waals surface area (Å²) in [5.41, 5.74) is 5.04. The Bertz CT molecular complexity index is 496. The molecule has 1 heterocycles. The number of aromatic nitrogens is 3. The molecule has 0 fully saturated rings. The summed E-state index contributed by atoms with van der Waals surface area (Å²) in [6.07, 6.45) is 1.22. The van der Waals surface area contributed by atoms with Crippen molar-refractivity contribution in [3.05, 3.63) is 11.9 Å². The molecule has 0 spiro atoms. The van der Waals surface area contributed by atoms with Crippen molar-refractivity contribution in [1.82, 2.24) is 19.9 Å². The van der Waals surface area contributed by atoms with Gasteiger partial charge in [0.25, 0.3) is 5.91 Å². The molecule has 0 radical (unpaired) electrons. The van der Waals surface area contributed by atoms with Crippen molar-refractivity contribution in [1.29, 1.82) is 0 Å². The monoisotopic (exact) mass is 269 g/mol. The molecule has 0 aromatic carbocycles. The summed E-state index contributed by atoms with van der Waals surface area (Å²) in [5, 5.41) is 15.7. The van der Waals surface area contributed by atoms with Crippen molar-refractivity contribution in [2.75, 3.05) is 6.54 Å². The second-order valence-electron chi connectivity index (χ2n) is 4.19. The van der Waals surface area contributed by atoms with E-state index in [9.17, 15) is 14.4 Å². The Morgan fingerprint density at radius 3 is 2.58 bits per heavy atom. The van der Waals surface area contributed by atoms with E-state index in [-0.39, 0.29) is 18.3 Å². The summed E-state index contributed by atoms with van der Waals surface area (Å²) < 4.78 is 1.03. The molecule has 9 nitrogen and oxygen atoms in total. The van der Waals surface area contributed by atoms with Crippen LogP contribution in [0.15, 0.2) is 6.20 Å². The molecule has 9 heteroatoms. The van der Waals surface area contributed by atoms with Crippen LogP contribution in [0.3, 0.4) is 0 Å². The number of amides is 2. The number of carboxylic acids is 1. The average molecular weight is 269 g/mol. The quantitative estimate of drug-likeness (QED) is 0.659. The van der Waals surface area contributed by atoms with Crippen molar-refractivity contribution in [3.8, 4) is 0 Å². The largest absolute Gasteiger partial charge is 0.480 e. The summed E-state index contributed by atoms with van der Waals surface area (Å²) >= 11 is 0. The highest BCUT2D eigenvalue weighted by atomic mass is 16.4. The molecule has 2 amide bonds. The molecule has 1 rings (SSSR count). The summed E-state index contributed by atoms with van der Waals surface area (Å²) in [7, 11) is 0. The van der Waals surface area contributed by atoms with E-state index in [0.29, 0.717) is 0 Å². The lowest BCUT2D eigenvalue weighted by molar-refractivity contribution is -0.137. The van der Waals surface area contributed by atoms with Crippen LogP contribution in [0.5, 0.6) is 0 Å². The van der Waals surface area contributed by atoms with Crippen LogP contribution in [-0.2, 0) is 16.1 Å². The minimum Gasteiger partial charge on any atom is -0.480 e. The van der Waals surface area contributed by atoms with Gasteiger partial charge in [0.05, 0.1) is 12.7 Å². The van der Waals surface area contributed by atoms with E-state index in [0.717, 1.165) is 4.68 Å². The predicted octanol–water partition coefficient (Wildman–Crippen LogP) is -1.30. The fraction of sp³-hybridized carbons (Fsp3) is 0.500. The summed E-state index contributed by atoms with van der Waals surface area (Å²) in [6, 6.07) is -0.246. The van der Waals surface area contributed by atoms with Crippen LogP contribution < -0.4 is 5.73 Å². The predicted molar refractivity (Wildman–Crippen MR) is 63.0 cm³/mol. The Kier molecular flexibility index (Phi) is 4.56.